The van der Waals surface area contributed by atoms with Gasteiger partial charge >= 0.3 is 0 Å². The molecule has 0 radical (unpaired) electrons. The van der Waals surface area contributed by atoms with Crippen LogP contribution in [0.2, 0.25) is 0 Å². The number of fused-ring (bicyclic) bond motifs is 1. The Morgan fingerprint density at radius 1 is 1.12 bits per heavy atom. The molecule has 0 atom stereocenters. The lowest BCUT2D eigenvalue weighted by Crippen LogP contribution is -2.12. The molecule has 3 N–H and O–H groups in total. The van der Waals surface area contributed by atoms with Crippen LogP contribution in [-0.4, -0.2) is 23.0 Å². The van der Waals surface area contributed by atoms with Gasteiger partial charge in [0.2, 0.25) is 10.0 Å². The van der Waals surface area contributed by atoms with E-state index in [1.807, 2.05) is 18.2 Å². The lowest BCUT2D eigenvalue weighted by molar-refractivity contribution is 0.568. The molecule has 0 aliphatic heterocycles. The highest BCUT2D eigenvalue weighted by Crippen LogP contribution is 2.21. The Morgan fingerprint density at radius 3 is 2.62 bits per heavy atom. The molecule has 0 aliphatic carbocycles. The molecular weight excluding hydrogens is 354 g/mol. The second-order valence-corrected chi connectivity index (χ2v) is 7.25. The van der Waals surface area contributed by atoms with Gasteiger partial charge in [0.25, 0.3) is 0 Å². The predicted molar refractivity (Wildman–Crippen MR) is 95.8 cm³/mol. The number of anilines is 1. The predicted octanol–water partition coefficient (Wildman–Crippen LogP) is 2.25. The Balaban J connectivity index is 1.55. The molecular formula is C17H15N5O3S. The van der Waals surface area contributed by atoms with Crippen LogP contribution in [0.15, 0.2) is 70.5 Å². The van der Waals surface area contributed by atoms with Gasteiger partial charge in [-0.25, -0.2) is 23.1 Å². The summed E-state index contributed by atoms with van der Waals surface area (Å²) in [5.41, 5.74) is 3.35. The molecule has 4 aromatic rings. The second-order valence-electron chi connectivity index (χ2n) is 5.69. The number of hydrogen-bond acceptors (Lipinski definition) is 6. The van der Waals surface area contributed by atoms with Crippen LogP contribution in [0.1, 0.15) is 5.56 Å². The Kier molecular flexibility index (Phi) is 3.94. The molecule has 0 saturated heterocycles. The van der Waals surface area contributed by atoms with Gasteiger partial charge in [0.15, 0.2) is 5.65 Å². The Bertz CT molecular complexity index is 1150. The van der Waals surface area contributed by atoms with Crippen molar-refractivity contribution in [1.82, 2.24) is 14.6 Å². The van der Waals surface area contributed by atoms with Gasteiger partial charge in [-0.05, 0) is 35.9 Å². The summed E-state index contributed by atoms with van der Waals surface area (Å²) >= 11 is 0. The number of sulfonamides is 1. The standard InChI is InChI=1S/C17H15N5O3S/c18-26(23,24)14-3-1-12(2-4-14)9-19-16-5-6-17-20-10-15(22(17)21-16)13-7-8-25-11-13/h1-8,10-11H,9H2,(H,19,21)(H2,18,23,24). The largest absolute Gasteiger partial charge is 0.472 e. The minimum absolute atomic E-state index is 0.0870. The minimum Gasteiger partial charge on any atom is -0.472 e. The van der Waals surface area contributed by atoms with Crippen molar-refractivity contribution in [3.05, 3.63) is 66.8 Å². The van der Waals surface area contributed by atoms with Crippen molar-refractivity contribution in [2.75, 3.05) is 5.32 Å². The van der Waals surface area contributed by atoms with Crippen LogP contribution in [0.25, 0.3) is 16.9 Å². The van der Waals surface area contributed by atoms with Crippen LogP contribution >= 0.6 is 0 Å². The van der Waals surface area contributed by atoms with Crippen molar-refractivity contribution in [2.24, 2.45) is 5.14 Å². The molecule has 4 rings (SSSR count). The lowest BCUT2D eigenvalue weighted by atomic mass is 10.2. The van der Waals surface area contributed by atoms with Crippen LogP contribution in [0.4, 0.5) is 5.82 Å². The summed E-state index contributed by atoms with van der Waals surface area (Å²) in [6.07, 6.45) is 4.98. The molecule has 3 heterocycles. The number of imidazole rings is 1. The molecule has 132 valence electrons. The first kappa shape index (κ1) is 16.3. The quantitative estimate of drug-likeness (QED) is 0.557. The molecule has 0 aliphatic rings. The van der Waals surface area contributed by atoms with Gasteiger partial charge < -0.3 is 9.73 Å². The molecule has 0 amide bonds. The maximum Gasteiger partial charge on any atom is 0.238 e. The van der Waals surface area contributed by atoms with E-state index in [2.05, 4.69) is 15.4 Å². The highest BCUT2D eigenvalue weighted by Gasteiger charge is 2.09. The first-order valence-corrected chi connectivity index (χ1v) is 9.28. The van der Waals surface area contributed by atoms with Crippen molar-refractivity contribution in [1.29, 1.82) is 0 Å². The van der Waals surface area contributed by atoms with Crippen LogP contribution in [0.5, 0.6) is 0 Å². The van der Waals surface area contributed by atoms with E-state index in [1.54, 1.807) is 35.4 Å². The molecule has 9 heteroatoms. The molecule has 0 saturated carbocycles. The molecule has 1 aromatic carbocycles. The summed E-state index contributed by atoms with van der Waals surface area (Å²) < 4.78 is 29.4. The maximum absolute atomic E-state index is 11.3. The van der Waals surface area contributed by atoms with Crippen LogP contribution in [-0.2, 0) is 16.6 Å². The number of aromatic nitrogens is 3. The van der Waals surface area contributed by atoms with E-state index >= 15 is 0 Å². The van der Waals surface area contributed by atoms with Crippen molar-refractivity contribution in [3.8, 4) is 11.3 Å². The summed E-state index contributed by atoms with van der Waals surface area (Å²) in [7, 11) is -3.68. The van der Waals surface area contributed by atoms with Crippen molar-refractivity contribution >= 4 is 21.5 Å². The minimum atomic E-state index is -3.68. The van der Waals surface area contributed by atoms with E-state index in [9.17, 15) is 8.42 Å². The zero-order chi connectivity index (χ0) is 18.1. The van der Waals surface area contributed by atoms with E-state index in [1.165, 1.54) is 12.1 Å². The third kappa shape index (κ3) is 3.17. The molecule has 3 aromatic heterocycles. The Labute approximate surface area is 149 Å². The SMILES string of the molecule is NS(=O)(=O)c1ccc(CNc2ccc3ncc(-c4ccoc4)n3n2)cc1. The fraction of sp³-hybridized carbons (Fsp3) is 0.0588. The molecule has 0 bridgehead atoms. The van der Waals surface area contributed by atoms with Gasteiger partial charge in [0, 0.05) is 12.1 Å². The number of nitrogens with one attached hydrogen (secondary N) is 1. The van der Waals surface area contributed by atoms with Gasteiger partial charge in [-0.1, -0.05) is 12.1 Å². The normalized spacial score (nSPS) is 11.7. The van der Waals surface area contributed by atoms with Gasteiger partial charge in [-0.15, -0.1) is 5.10 Å². The van der Waals surface area contributed by atoms with E-state index in [0.29, 0.717) is 12.4 Å². The van der Waals surface area contributed by atoms with Crippen LogP contribution in [0.3, 0.4) is 0 Å². The van der Waals surface area contributed by atoms with E-state index in [-0.39, 0.29) is 4.90 Å². The number of furan rings is 1. The molecule has 0 spiro atoms. The molecule has 0 fully saturated rings. The number of hydrogen-bond donors (Lipinski definition) is 2. The summed E-state index contributed by atoms with van der Waals surface area (Å²) in [5.74, 6) is 0.663. The fourth-order valence-electron chi connectivity index (χ4n) is 2.56. The van der Waals surface area contributed by atoms with Crippen molar-refractivity contribution in [2.45, 2.75) is 11.4 Å². The maximum atomic E-state index is 11.3. The van der Waals surface area contributed by atoms with Crippen LogP contribution < -0.4 is 10.5 Å². The average molecular weight is 369 g/mol. The number of benzene rings is 1. The second kappa shape index (κ2) is 6.28. The lowest BCUT2D eigenvalue weighted by Gasteiger charge is -2.07. The van der Waals surface area contributed by atoms with E-state index in [0.717, 1.165) is 22.5 Å². The number of primary sulfonamides is 1. The first-order chi connectivity index (χ1) is 12.5. The Morgan fingerprint density at radius 2 is 1.92 bits per heavy atom. The highest BCUT2D eigenvalue weighted by atomic mass is 32.2. The summed E-state index contributed by atoms with van der Waals surface area (Å²) in [4.78, 5) is 4.42. The number of nitrogens with zero attached hydrogens (tertiary/aromatic N) is 3. The van der Waals surface area contributed by atoms with Gasteiger partial charge in [0.05, 0.1) is 29.3 Å². The monoisotopic (exact) mass is 369 g/mol. The molecule has 0 unspecified atom stereocenters. The van der Waals surface area contributed by atoms with Gasteiger partial charge in [-0.3, -0.25) is 0 Å². The third-order valence-corrected chi connectivity index (χ3v) is 4.83. The van der Waals surface area contributed by atoms with Gasteiger partial charge in [0.1, 0.15) is 5.82 Å². The summed E-state index contributed by atoms with van der Waals surface area (Å²) in [5, 5.41) is 12.9. The van der Waals surface area contributed by atoms with Crippen molar-refractivity contribution in [3.63, 3.8) is 0 Å². The average Bonchev–Trinajstić information content (AvgIpc) is 3.28. The molecule has 8 nitrogen and oxygen atoms in total. The fourth-order valence-corrected chi connectivity index (χ4v) is 3.08. The van der Waals surface area contributed by atoms with Crippen LogP contribution in [0, 0.1) is 0 Å². The van der Waals surface area contributed by atoms with E-state index in [4.69, 9.17) is 9.56 Å². The van der Waals surface area contributed by atoms with Crippen molar-refractivity contribution < 1.29 is 12.8 Å². The Hall–Kier alpha value is -3.17. The zero-order valence-electron chi connectivity index (χ0n) is 13.5. The number of nitrogens with two attached hydrogens (primary N) is 1. The zero-order valence-corrected chi connectivity index (χ0v) is 14.3. The number of rotatable bonds is 5. The summed E-state index contributed by atoms with van der Waals surface area (Å²) in [6, 6.07) is 11.9. The third-order valence-electron chi connectivity index (χ3n) is 3.90. The highest BCUT2D eigenvalue weighted by molar-refractivity contribution is 7.89. The van der Waals surface area contributed by atoms with E-state index < -0.39 is 10.0 Å². The smallest absolute Gasteiger partial charge is 0.238 e. The first-order valence-electron chi connectivity index (χ1n) is 7.74. The summed E-state index contributed by atoms with van der Waals surface area (Å²) in [6.45, 7) is 0.485. The molecule has 26 heavy (non-hydrogen) atoms. The topological polar surface area (TPSA) is 116 Å². The van der Waals surface area contributed by atoms with Gasteiger partial charge in [-0.2, -0.15) is 0 Å².